The van der Waals surface area contributed by atoms with Crippen molar-refractivity contribution in [2.75, 3.05) is 50.1 Å². The molecule has 0 aliphatic carbocycles. The number of aromatic nitrogens is 3. The zero-order chi connectivity index (χ0) is 17.6. The van der Waals surface area contributed by atoms with Crippen molar-refractivity contribution in [1.29, 1.82) is 0 Å². The van der Waals surface area contributed by atoms with Crippen molar-refractivity contribution in [3.8, 4) is 0 Å². The normalized spacial score (nSPS) is 21.4. The average molecular weight is 367 g/mol. The summed E-state index contributed by atoms with van der Waals surface area (Å²) in [5.74, 6) is 2.49. The first-order chi connectivity index (χ1) is 12.2. The number of β-amino-alcohol motifs (C(OH)–C–C–N with tert-alkyl or cyclic N) is 1. The van der Waals surface area contributed by atoms with Gasteiger partial charge in [-0.25, -0.2) is 9.97 Å². The van der Waals surface area contributed by atoms with E-state index in [4.69, 9.17) is 15.6 Å². The molecule has 0 aromatic carbocycles. The molecule has 138 valence electrons. The van der Waals surface area contributed by atoms with E-state index < -0.39 is 0 Å². The molecule has 2 atom stereocenters. The molecular weight excluding hydrogens is 342 g/mol. The minimum absolute atomic E-state index is 0.0609. The Morgan fingerprint density at radius 1 is 1.36 bits per heavy atom. The molecule has 3 heterocycles. The second-order valence-corrected chi connectivity index (χ2v) is 7.38. The van der Waals surface area contributed by atoms with Crippen LogP contribution in [0.2, 0.25) is 0 Å². The number of hydrogen-bond acceptors (Lipinski definition) is 8. The molecular formula is C16H25N5O3S. The third-order valence-corrected chi connectivity index (χ3v) is 5.51. The molecule has 5 N–H and O–H groups in total. The molecule has 8 nitrogen and oxygen atoms in total. The molecule has 3 rings (SSSR count). The van der Waals surface area contributed by atoms with Gasteiger partial charge in [-0.2, -0.15) is 11.8 Å². The van der Waals surface area contributed by atoms with Gasteiger partial charge in [0.2, 0.25) is 0 Å². The minimum atomic E-state index is -0.309. The highest BCUT2D eigenvalue weighted by atomic mass is 32.2. The molecule has 0 spiro atoms. The second-order valence-electron chi connectivity index (χ2n) is 6.23. The Morgan fingerprint density at radius 3 is 3.08 bits per heavy atom. The summed E-state index contributed by atoms with van der Waals surface area (Å²) in [5, 5.41) is 19.0. The van der Waals surface area contributed by atoms with Gasteiger partial charge in [-0.1, -0.05) is 0 Å². The quantitative estimate of drug-likeness (QED) is 0.460. The number of nitrogens with zero attached hydrogens (tertiary/aromatic N) is 3. The van der Waals surface area contributed by atoms with Crippen molar-refractivity contribution < 1.29 is 14.9 Å². The van der Waals surface area contributed by atoms with Gasteiger partial charge in [0.15, 0.2) is 5.82 Å². The summed E-state index contributed by atoms with van der Waals surface area (Å²) in [6.07, 6.45) is 3.09. The molecule has 2 aromatic rings. The Kier molecular flexibility index (Phi) is 6.49. The zero-order valence-electron chi connectivity index (χ0n) is 14.1. The van der Waals surface area contributed by atoms with E-state index in [1.54, 1.807) is 11.8 Å². The molecule has 0 amide bonds. The number of aliphatic hydroxyl groups excluding tert-OH is 2. The highest BCUT2D eigenvalue weighted by Crippen LogP contribution is 2.26. The number of nitrogens with two attached hydrogens (primary N) is 1. The number of ether oxygens (including phenoxy) is 1. The highest BCUT2D eigenvalue weighted by molar-refractivity contribution is 7.99. The molecule has 9 heteroatoms. The molecule has 2 aromatic heterocycles. The number of aromatic amines is 1. The first-order valence-corrected chi connectivity index (χ1v) is 9.57. The molecule has 1 fully saturated rings. The third kappa shape index (κ3) is 4.62. The van der Waals surface area contributed by atoms with Gasteiger partial charge in [-0.15, -0.1) is 0 Å². The Morgan fingerprint density at radius 2 is 2.24 bits per heavy atom. The van der Waals surface area contributed by atoms with Crippen LogP contribution in [-0.4, -0.2) is 80.6 Å². The van der Waals surface area contributed by atoms with E-state index in [0.29, 0.717) is 25.6 Å². The number of likely N-dealkylation sites (tertiary alicyclic amines) is 1. The van der Waals surface area contributed by atoms with E-state index in [2.05, 4.69) is 19.9 Å². The van der Waals surface area contributed by atoms with E-state index in [0.717, 1.165) is 41.2 Å². The van der Waals surface area contributed by atoms with Crippen LogP contribution in [0.15, 0.2) is 12.5 Å². The molecule has 0 bridgehead atoms. The van der Waals surface area contributed by atoms with Crippen molar-refractivity contribution >= 4 is 28.6 Å². The summed E-state index contributed by atoms with van der Waals surface area (Å²) in [4.78, 5) is 13.7. The van der Waals surface area contributed by atoms with Crippen LogP contribution in [0.3, 0.4) is 0 Å². The number of thioether (sulfide) groups is 1. The number of aliphatic hydroxyl groups is 2. The van der Waals surface area contributed by atoms with Crippen LogP contribution in [0.25, 0.3) is 11.0 Å². The van der Waals surface area contributed by atoms with Gasteiger partial charge < -0.3 is 25.7 Å². The number of rotatable bonds is 9. The van der Waals surface area contributed by atoms with Gasteiger partial charge >= 0.3 is 0 Å². The fourth-order valence-corrected chi connectivity index (χ4v) is 4.16. The molecule has 0 saturated carbocycles. The molecule has 1 aliphatic rings. The SMILES string of the molecule is Nc1ncnc2c(CN3CC(O)C(CSCCOCCO)C3)c[nH]c12. The van der Waals surface area contributed by atoms with Crippen LogP contribution >= 0.6 is 11.8 Å². The Balaban J connectivity index is 1.49. The van der Waals surface area contributed by atoms with E-state index in [-0.39, 0.29) is 18.6 Å². The van der Waals surface area contributed by atoms with Crippen LogP contribution in [0.5, 0.6) is 0 Å². The van der Waals surface area contributed by atoms with Gasteiger partial charge in [0.25, 0.3) is 0 Å². The predicted octanol–water partition coefficient (Wildman–Crippen LogP) is 0.0749. The van der Waals surface area contributed by atoms with Gasteiger partial charge in [-0.05, 0) is 5.75 Å². The van der Waals surface area contributed by atoms with Crippen LogP contribution in [0.1, 0.15) is 5.56 Å². The van der Waals surface area contributed by atoms with Gasteiger partial charge in [-0.3, -0.25) is 4.90 Å². The number of nitrogen functional groups attached to an aromatic ring is 1. The number of anilines is 1. The Labute approximate surface area is 150 Å². The summed E-state index contributed by atoms with van der Waals surface area (Å²) < 4.78 is 5.25. The zero-order valence-corrected chi connectivity index (χ0v) is 14.9. The largest absolute Gasteiger partial charge is 0.394 e. The molecule has 1 aliphatic heterocycles. The lowest BCUT2D eigenvalue weighted by molar-refractivity contribution is 0.103. The van der Waals surface area contributed by atoms with Crippen molar-refractivity contribution in [1.82, 2.24) is 19.9 Å². The summed E-state index contributed by atoms with van der Waals surface area (Å²) in [6, 6.07) is 0. The van der Waals surface area contributed by atoms with Gasteiger partial charge in [0, 0.05) is 43.1 Å². The summed E-state index contributed by atoms with van der Waals surface area (Å²) in [6.45, 7) is 3.34. The maximum absolute atomic E-state index is 10.3. The van der Waals surface area contributed by atoms with Crippen molar-refractivity contribution in [2.45, 2.75) is 12.6 Å². The second kappa shape index (κ2) is 8.81. The smallest absolute Gasteiger partial charge is 0.151 e. The lowest BCUT2D eigenvalue weighted by Gasteiger charge is -2.15. The van der Waals surface area contributed by atoms with E-state index in [1.807, 2.05) is 6.20 Å². The molecule has 2 unspecified atom stereocenters. The van der Waals surface area contributed by atoms with Gasteiger partial charge in [0.1, 0.15) is 11.8 Å². The number of fused-ring (bicyclic) bond motifs is 1. The molecule has 25 heavy (non-hydrogen) atoms. The first-order valence-electron chi connectivity index (χ1n) is 8.42. The maximum atomic E-state index is 10.3. The monoisotopic (exact) mass is 367 g/mol. The summed E-state index contributed by atoms with van der Waals surface area (Å²) >= 11 is 1.78. The van der Waals surface area contributed by atoms with Crippen molar-refractivity contribution in [2.24, 2.45) is 5.92 Å². The highest BCUT2D eigenvalue weighted by Gasteiger charge is 2.31. The lowest BCUT2D eigenvalue weighted by atomic mass is 10.1. The number of H-pyrrole nitrogens is 1. The Hall–Kier alpha value is -1.39. The topological polar surface area (TPSA) is 121 Å². The Bertz CT molecular complexity index is 683. The van der Waals surface area contributed by atoms with Crippen LogP contribution < -0.4 is 5.73 Å². The third-order valence-electron chi connectivity index (χ3n) is 4.39. The molecule has 0 radical (unpaired) electrons. The first kappa shape index (κ1) is 18.4. The van der Waals surface area contributed by atoms with Crippen LogP contribution in [0.4, 0.5) is 5.82 Å². The standard InChI is InChI=1S/C16H25N5O3S/c17-16-15-14(19-10-20-16)11(5-18-15)6-21-7-12(13(23)8-21)9-25-4-3-24-2-1-22/h5,10,12-13,18,22-23H,1-4,6-9H2,(H2,17,19,20). The van der Waals surface area contributed by atoms with Gasteiger partial charge in [0.05, 0.1) is 31.4 Å². The predicted molar refractivity (Wildman–Crippen MR) is 98.3 cm³/mol. The van der Waals surface area contributed by atoms with Crippen LogP contribution in [-0.2, 0) is 11.3 Å². The summed E-state index contributed by atoms with van der Waals surface area (Å²) in [7, 11) is 0. The fraction of sp³-hybridized carbons (Fsp3) is 0.625. The fourth-order valence-electron chi connectivity index (χ4n) is 3.13. The number of nitrogens with one attached hydrogen (secondary N) is 1. The van der Waals surface area contributed by atoms with E-state index >= 15 is 0 Å². The summed E-state index contributed by atoms with van der Waals surface area (Å²) in [5.41, 5.74) is 8.55. The van der Waals surface area contributed by atoms with Crippen molar-refractivity contribution in [3.05, 3.63) is 18.1 Å². The lowest BCUT2D eigenvalue weighted by Crippen LogP contribution is -2.21. The van der Waals surface area contributed by atoms with Crippen LogP contribution in [0, 0.1) is 5.92 Å². The molecule has 1 saturated heterocycles. The number of hydrogen-bond donors (Lipinski definition) is 4. The van der Waals surface area contributed by atoms with Crippen molar-refractivity contribution in [3.63, 3.8) is 0 Å². The van der Waals surface area contributed by atoms with E-state index in [1.165, 1.54) is 6.33 Å². The van der Waals surface area contributed by atoms with E-state index in [9.17, 15) is 5.11 Å². The minimum Gasteiger partial charge on any atom is -0.394 e. The average Bonchev–Trinajstić information content (AvgIpc) is 3.16. The maximum Gasteiger partial charge on any atom is 0.151 e.